The second kappa shape index (κ2) is 6.28. The van der Waals surface area contributed by atoms with Gasteiger partial charge in [0.2, 0.25) is 9.84 Å². The normalized spacial score (nSPS) is 13.0. The maximum Gasteiger partial charge on any atom is 0.221 e. The van der Waals surface area contributed by atoms with Gasteiger partial charge >= 0.3 is 0 Å². The largest absolute Gasteiger partial charge is 0.340 e. The Morgan fingerprint density at radius 2 is 1.86 bits per heavy atom. The number of nitrogens with one attached hydrogen (secondary N) is 2. The second-order valence-corrected chi connectivity index (χ2v) is 8.36. The van der Waals surface area contributed by atoms with E-state index in [1.54, 1.807) is 36.4 Å². The molecule has 2 aromatic carbocycles. The third-order valence-electron chi connectivity index (χ3n) is 4.64. The van der Waals surface area contributed by atoms with E-state index in [1.807, 2.05) is 24.4 Å². The zero-order chi connectivity index (χ0) is 19.1. The lowest BCUT2D eigenvalue weighted by molar-refractivity contribution is 0.593. The molecule has 8 heteroatoms. The fourth-order valence-electron chi connectivity index (χ4n) is 3.20. The summed E-state index contributed by atoms with van der Waals surface area (Å²) in [5.74, 6) is 0.533. The van der Waals surface area contributed by atoms with Crippen molar-refractivity contribution < 1.29 is 8.42 Å². The molecule has 2 N–H and O–H groups in total. The summed E-state index contributed by atoms with van der Waals surface area (Å²) in [5.41, 5.74) is 3.54. The fourth-order valence-corrected chi connectivity index (χ4v) is 4.48. The molecule has 0 unspecified atom stereocenters. The Kier molecular flexibility index (Phi) is 3.73. The van der Waals surface area contributed by atoms with Crippen molar-refractivity contribution in [2.24, 2.45) is 4.99 Å². The Bertz CT molecular complexity index is 1330. The summed E-state index contributed by atoms with van der Waals surface area (Å²) in [6, 6.07) is 15.8. The zero-order valence-corrected chi connectivity index (χ0v) is 15.4. The van der Waals surface area contributed by atoms with Crippen molar-refractivity contribution in [1.29, 1.82) is 0 Å². The van der Waals surface area contributed by atoms with Gasteiger partial charge in [-0.25, -0.2) is 18.4 Å². The van der Waals surface area contributed by atoms with Gasteiger partial charge in [0.25, 0.3) is 0 Å². The first kappa shape index (κ1) is 16.6. The van der Waals surface area contributed by atoms with Gasteiger partial charge in [0.1, 0.15) is 22.8 Å². The lowest BCUT2D eigenvalue weighted by Crippen LogP contribution is -2.01. The maximum absolute atomic E-state index is 12.9. The minimum absolute atomic E-state index is 0.0818. The van der Waals surface area contributed by atoms with E-state index in [0.29, 0.717) is 23.4 Å². The molecular formula is C20H15N5O2S. The van der Waals surface area contributed by atoms with Crippen LogP contribution in [-0.4, -0.2) is 29.6 Å². The number of rotatable bonds is 4. The molecule has 0 aliphatic carbocycles. The molecular weight excluding hydrogens is 374 g/mol. The lowest BCUT2D eigenvalue weighted by atomic mass is 10.1. The summed E-state index contributed by atoms with van der Waals surface area (Å²) in [6.07, 6.45) is 3.24. The number of aliphatic imine (C=N–C) groups is 1. The first-order valence-electron chi connectivity index (χ1n) is 8.65. The molecule has 0 fully saturated rings. The topological polar surface area (TPSA) is 100 Å². The van der Waals surface area contributed by atoms with Gasteiger partial charge in [0.05, 0.1) is 16.8 Å². The molecule has 0 saturated heterocycles. The van der Waals surface area contributed by atoms with Crippen LogP contribution < -0.4 is 5.32 Å². The Morgan fingerprint density at radius 3 is 2.71 bits per heavy atom. The van der Waals surface area contributed by atoms with Crippen LogP contribution in [0.1, 0.15) is 11.1 Å². The van der Waals surface area contributed by atoms with Gasteiger partial charge in [-0.05, 0) is 41.5 Å². The van der Waals surface area contributed by atoms with E-state index in [0.717, 1.165) is 11.3 Å². The Balaban J connectivity index is 1.56. The summed E-state index contributed by atoms with van der Waals surface area (Å²) < 4.78 is 25.8. The minimum atomic E-state index is -3.67. The van der Waals surface area contributed by atoms with Crippen molar-refractivity contribution in [1.82, 2.24) is 15.0 Å². The Labute approximate surface area is 161 Å². The van der Waals surface area contributed by atoms with E-state index in [4.69, 9.17) is 0 Å². The van der Waals surface area contributed by atoms with Crippen LogP contribution in [0.15, 0.2) is 75.8 Å². The zero-order valence-electron chi connectivity index (χ0n) is 14.6. The van der Waals surface area contributed by atoms with Gasteiger partial charge < -0.3 is 10.3 Å². The number of fused-ring (bicyclic) bond motifs is 2. The van der Waals surface area contributed by atoms with Crippen molar-refractivity contribution in [3.8, 4) is 0 Å². The van der Waals surface area contributed by atoms with Crippen molar-refractivity contribution >= 4 is 38.6 Å². The number of hydrogen-bond acceptors (Lipinski definition) is 6. The minimum Gasteiger partial charge on any atom is -0.340 e. The number of nitrogens with zero attached hydrogens (tertiary/aromatic N) is 3. The third-order valence-corrected chi connectivity index (χ3v) is 6.34. The molecule has 0 radical (unpaired) electrons. The highest BCUT2D eigenvalue weighted by Gasteiger charge is 2.21. The molecule has 0 bridgehead atoms. The van der Waals surface area contributed by atoms with Crippen LogP contribution in [0.3, 0.4) is 0 Å². The molecule has 3 heterocycles. The highest BCUT2D eigenvalue weighted by molar-refractivity contribution is 7.91. The summed E-state index contributed by atoms with van der Waals surface area (Å²) in [5, 5.41) is 3.94. The molecule has 2 aromatic heterocycles. The standard InChI is InChI=1S/C20H15N5O2S/c26-28(27,16-4-2-1-3-5-16)18-9-17-19(22-12-23-20(17)25-18)24-15-7-6-13-10-21-11-14(13)8-15/h1-9,11-12H,10H2,(H2,22,23,24,25). The van der Waals surface area contributed by atoms with Crippen molar-refractivity contribution in [2.45, 2.75) is 16.5 Å². The van der Waals surface area contributed by atoms with Crippen LogP contribution in [0.25, 0.3) is 11.0 Å². The van der Waals surface area contributed by atoms with Crippen molar-refractivity contribution in [2.75, 3.05) is 5.32 Å². The van der Waals surface area contributed by atoms with Crippen LogP contribution in [0.4, 0.5) is 11.5 Å². The maximum atomic E-state index is 12.9. The van der Waals surface area contributed by atoms with Crippen LogP contribution >= 0.6 is 0 Å². The van der Waals surface area contributed by atoms with Gasteiger partial charge in [-0.3, -0.25) is 4.99 Å². The van der Waals surface area contributed by atoms with E-state index in [2.05, 4.69) is 25.3 Å². The lowest BCUT2D eigenvalue weighted by Gasteiger charge is -2.07. The molecule has 1 aliphatic heterocycles. The molecule has 28 heavy (non-hydrogen) atoms. The second-order valence-electron chi connectivity index (χ2n) is 6.44. The first-order valence-corrected chi connectivity index (χ1v) is 10.1. The highest BCUT2D eigenvalue weighted by Crippen LogP contribution is 2.29. The number of benzene rings is 2. The van der Waals surface area contributed by atoms with E-state index in [1.165, 1.54) is 11.9 Å². The molecule has 0 amide bonds. The van der Waals surface area contributed by atoms with E-state index < -0.39 is 9.84 Å². The molecule has 4 aromatic rings. The van der Waals surface area contributed by atoms with E-state index in [9.17, 15) is 8.42 Å². The third kappa shape index (κ3) is 2.74. The quantitative estimate of drug-likeness (QED) is 0.557. The van der Waals surface area contributed by atoms with Gasteiger partial charge in [0.15, 0.2) is 0 Å². The average Bonchev–Trinajstić information content (AvgIpc) is 3.36. The molecule has 0 spiro atoms. The van der Waals surface area contributed by atoms with Crippen molar-refractivity contribution in [3.63, 3.8) is 0 Å². The number of hydrogen-bond donors (Lipinski definition) is 2. The van der Waals surface area contributed by atoms with E-state index >= 15 is 0 Å². The summed E-state index contributed by atoms with van der Waals surface area (Å²) in [6.45, 7) is 0.700. The predicted octanol–water partition coefficient (Wildman–Crippen LogP) is 3.47. The number of aromatic amines is 1. The number of anilines is 2. The molecule has 0 atom stereocenters. The first-order chi connectivity index (χ1) is 13.6. The van der Waals surface area contributed by atoms with Gasteiger partial charge in [-0.2, -0.15) is 0 Å². The van der Waals surface area contributed by atoms with E-state index in [-0.39, 0.29) is 9.92 Å². The highest BCUT2D eigenvalue weighted by atomic mass is 32.2. The SMILES string of the molecule is O=S(=O)(c1ccccc1)c1cc2c(Nc3ccc4c(c3)C=NC4)ncnc2[nH]1. The molecule has 0 saturated carbocycles. The van der Waals surface area contributed by atoms with Crippen LogP contribution in [0.2, 0.25) is 0 Å². The number of H-pyrrole nitrogens is 1. The monoisotopic (exact) mass is 389 g/mol. The van der Waals surface area contributed by atoms with Crippen LogP contribution in [0.5, 0.6) is 0 Å². The Morgan fingerprint density at radius 1 is 1.00 bits per heavy atom. The fraction of sp³-hybridized carbons (Fsp3) is 0.0500. The smallest absolute Gasteiger partial charge is 0.221 e. The summed E-state index contributed by atoms with van der Waals surface area (Å²) in [7, 11) is -3.67. The Hall–Kier alpha value is -3.52. The van der Waals surface area contributed by atoms with Crippen LogP contribution in [-0.2, 0) is 16.4 Å². The van der Waals surface area contributed by atoms with Gasteiger partial charge in [-0.15, -0.1) is 0 Å². The average molecular weight is 389 g/mol. The van der Waals surface area contributed by atoms with Crippen LogP contribution in [0, 0.1) is 0 Å². The number of aromatic nitrogens is 3. The van der Waals surface area contributed by atoms with Gasteiger partial charge in [-0.1, -0.05) is 24.3 Å². The van der Waals surface area contributed by atoms with Crippen molar-refractivity contribution in [3.05, 3.63) is 72.1 Å². The molecule has 138 valence electrons. The summed E-state index contributed by atoms with van der Waals surface area (Å²) in [4.78, 5) is 15.9. The summed E-state index contributed by atoms with van der Waals surface area (Å²) >= 11 is 0. The predicted molar refractivity (Wildman–Crippen MR) is 107 cm³/mol. The van der Waals surface area contributed by atoms with Gasteiger partial charge in [0, 0.05) is 11.9 Å². The molecule has 1 aliphatic rings. The molecule has 7 nitrogen and oxygen atoms in total. The number of sulfone groups is 1. The molecule has 5 rings (SSSR count).